The minimum atomic E-state index is -0.802. The topological polar surface area (TPSA) is 141 Å². The molecule has 2 amide bonds. The van der Waals surface area contributed by atoms with Crippen LogP contribution in [0.1, 0.15) is 59.7 Å². The number of benzene rings is 4. The van der Waals surface area contributed by atoms with Crippen molar-refractivity contribution >= 4 is 17.5 Å². The van der Waals surface area contributed by atoms with Crippen molar-refractivity contribution in [3.63, 3.8) is 0 Å². The number of hydrogen-bond donors (Lipinski definition) is 5. The fourth-order valence-corrected chi connectivity index (χ4v) is 5.82. The third-order valence-electron chi connectivity index (χ3n) is 8.37. The molecule has 10 heteroatoms. The van der Waals surface area contributed by atoms with Crippen molar-refractivity contribution in [1.82, 2.24) is 10.2 Å². The van der Waals surface area contributed by atoms with E-state index in [4.69, 9.17) is 9.47 Å². The molecule has 0 aliphatic carbocycles. The Labute approximate surface area is 280 Å². The highest BCUT2D eigenvalue weighted by Crippen LogP contribution is 2.38. The third kappa shape index (κ3) is 9.72. The summed E-state index contributed by atoms with van der Waals surface area (Å²) in [4.78, 5) is 27.3. The number of nitrogens with one attached hydrogen (secondary N) is 2. The second-order valence-electron chi connectivity index (χ2n) is 12.3. The number of likely N-dealkylation sites (N-methyl/N-ethyl adjacent to an activating group) is 1. The highest BCUT2D eigenvalue weighted by molar-refractivity contribution is 5.93. The van der Waals surface area contributed by atoms with Crippen molar-refractivity contribution in [2.24, 2.45) is 0 Å². The molecule has 1 fully saturated rings. The molecule has 5 N–H and O–H groups in total. The van der Waals surface area contributed by atoms with E-state index in [1.54, 1.807) is 42.5 Å². The number of hydrogen-bond acceptors (Lipinski definition) is 8. The van der Waals surface area contributed by atoms with Gasteiger partial charge in [0.1, 0.15) is 5.75 Å². The lowest BCUT2D eigenvalue weighted by atomic mass is 9.99. The lowest BCUT2D eigenvalue weighted by molar-refractivity contribution is -0.252. The molecular formula is C38H43N3O7. The maximum absolute atomic E-state index is 13.0. The number of anilines is 1. The van der Waals surface area contributed by atoms with Crippen LogP contribution in [0.15, 0.2) is 103 Å². The van der Waals surface area contributed by atoms with Gasteiger partial charge in [-0.25, -0.2) is 4.79 Å². The molecule has 1 heterocycles. The minimum Gasteiger partial charge on any atom is -0.508 e. The molecule has 5 atom stereocenters. The molecule has 1 aliphatic heterocycles. The second-order valence-corrected chi connectivity index (χ2v) is 12.3. The van der Waals surface area contributed by atoms with E-state index in [0.717, 1.165) is 16.7 Å². The van der Waals surface area contributed by atoms with E-state index >= 15 is 0 Å². The summed E-state index contributed by atoms with van der Waals surface area (Å²) in [5.74, 6) is -0.0461. The first-order chi connectivity index (χ1) is 23.2. The Morgan fingerprint density at radius 3 is 2.35 bits per heavy atom. The summed E-state index contributed by atoms with van der Waals surface area (Å²) in [7, 11) is 1.90. The van der Waals surface area contributed by atoms with Gasteiger partial charge in [0, 0.05) is 30.8 Å². The molecular weight excluding hydrogens is 610 g/mol. The van der Waals surface area contributed by atoms with Gasteiger partial charge < -0.3 is 40.3 Å². The van der Waals surface area contributed by atoms with Crippen LogP contribution in [0.4, 0.5) is 10.5 Å². The predicted molar refractivity (Wildman–Crippen MR) is 182 cm³/mol. The first kappa shape index (κ1) is 34.7. The Kier molecular flexibility index (Phi) is 11.9. The number of urea groups is 1. The van der Waals surface area contributed by atoms with E-state index in [1.165, 1.54) is 6.92 Å². The number of nitrogens with zero attached hydrogens (tertiary/aromatic N) is 1. The van der Waals surface area contributed by atoms with Crippen molar-refractivity contribution in [3.8, 4) is 5.75 Å². The lowest BCUT2D eigenvalue weighted by Gasteiger charge is -2.38. The average Bonchev–Trinajstić information content (AvgIpc) is 3.08. The highest BCUT2D eigenvalue weighted by atomic mass is 16.7. The molecule has 10 nitrogen and oxygen atoms in total. The van der Waals surface area contributed by atoms with E-state index < -0.39 is 24.5 Å². The molecule has 1 saturated heterocycles. The van der Waals surface area contributed by atoms with Crippen LogP contribution in [0.5, 0.6) is 5.75 Å². The van der Waals surface area contributed by atoms with Gasteiger partial charge in [-0.3, -0.25) is 4.79 Å². The molecule has 0 bridgehead atoms. The molecule has 5 rings (SSSR count). The molecule has 0 spiro atoms. The van der Waals surface area contributed by atoms with Crippen LogP contribution in [0.25, 0.3) is 0 Å². The quantitative estimate of drug-likeness (QED) is 0.129. The zero-order chi connectivity index (χ0) is 34.0. The molecule has 4 aromatic rings. The van der Waals surface area contributed by atoms with Crippen LogP contribution in [0.2, 0.25) is 0 Å². The smallest absolute Gasteiger partial charge is 0.319 e. The predicted octanol–water partition coefficient (Wildman–Crippen LogP) is 5.42. The zero-order valence-electron chi connectivity index (χ0n) is 27.2. The molecule has 0 saturated carbocycles. The van der Waals surface area contributed by atoms with Gasteiger partial charge in [0.15, 0.2) is 12.1 Å². The van der Waals surface area contributed by atoms with Crippen molar-refractivity contribution in [2.75, 3.05) is 25.5 Å². The first-order valence-corrected chi connectivity index (χ1v) is 16.0. The van der Waals surface area contributed by atoms with Gasteiger partial charge in [-0.1, -0.05) is 78.9 Å². The number of carbonyl (C=O) groups excluding carboxylic acids is 2. The van der Waals surface area contributed by atoms with Crippen LogP contribution in [-0.2, 0) is 27.3 Å². The second kappa shape index (κ2) is 16.5. The van der Waals surface area contributed by atoms with E-state index in [1.807, 2.05) is 72.6 Å². The lowest BCUT2D eigenvalue weighted by Crippen LogP contribution is -2.43. The minimum absolute atomic E-state index is 0.0563. The normalized spacial score (nSPS) is 19.0. The SMILES string of the molecule is CC(=O)[C@@H](Cc1ccccc1)NC(=O)Nc1cccc(C2O[C@H](CN(C)C[C@@H](O)c3cccc(O)c3)C[C@H](c3ccc(CO)cc3)O2)c1. The number of ether oxygens (including phenoxy) is 2. The van der Waals surface area contributed by atoms with Gasteiger partial charge in [-0.05, 0) is 66.9 Å². The summed E-state index contributed by atoms with van der Waals surface area (Å²) >= 11 is 0. The largest absolute Gasteiger partial charge is 0.508 e. The number of aliphatic hydroxyl groups is 2. The molecule has 4 aromatic carbocycles. The maximum atomic E-state index is 13.0. The number of amides is 2. The number of phenolic OH excluding ortho intramolecular Hbond substituents is 1. The van der Waals surface area contributed by atoms with Crippen molar-refractivity contribution in [1.29, 1.82) is 0 Å². The van der Waals surface area contributed by atoms with Crippen LogP contribution < -0.4 is 10.6 Å². The van der Waals surface area contributed by atoms with Crippen LogP contribution >= 0.6 is 0 Å². The highest BCUT2D eigenvalue weighted by Gasteiger charge is 2.33. The average molecular weight is 654 g/mol. The summed E-state index contributed by atoms with van der Waals surface area (Å²) in [6.45, 7) is 2.22. The number of Topliss-reactive ketones (excluding diaryl/α,β-unsaturated/α-hetero) is 1. The van der Waals surface area contributed by atoms with Gasteiger partial charge in [-0.15, -0.1) is 0 Å². The van der Waals surface area contributed by atoms with E-state index in [2.05, 4.69) is 10.6 Å². The first-order valence-electron chi connectivity index (χ1n) is 16.0. The molecule has 0 aromatic heterocycles. The summed E-state index contributed by atoms with van der Waals surface area (Å²) in [6.07, 6.45) is -1.22. The van der Waals surface area contributed by atoms with Gasteiger partial charge in [0.2, 0.25) is 0 Å². The van der Waals surface area contributed by atoms with E-state index in [-0.39, 0.29) is 30.3 Å². The number of carbonyl (C=O) groups is 2. The van der Waals surface area contributed by atoms with Gasteiger partial charge in [0.25, 0.3) is 0 Å². The number of ketones is 1. The van der Waals surface area contributed by atoms with Crippen molar-refractivity contribution < 1.29 is 34.4 Å². The Morgan fingerprint density at radius 1 is 0.896 bits per heavy atom. The Bertz CT molecular complexity index is 1650. The van der Waals surface area contributed by atoms with Crippen molar-refractivity contribution in [2.45, 2.75) is 57.0 Å². The Hall–Kier alpha value is -4.58. The van der Waals surface area contributed by atoms with E-state index in [9.17, 15) is 24.9 Å². The summed E-state index contributed by atoms with van der Waals surface area (Å²) < 4.78 is 12.9. The molecule has 1 aliphatic rings. The zero-order valence-corrected chi connectivity index (χ0v) is 27.2. The number of aliphatic hydroxyl groups excluding tert-OH is 2. The molecule has 1 unspecified atom stereocenters. The Morgan fingerprint density at radius 2 is 1.65 bits per heavy atom. The molecule has 252 valence electrons. The van der Waals surface area contributed by atoms with E-state index in [0.29, 0.717) is 42.7 Å². The maximum Gasteiger partial charge on any atom is 0.319 e. The monoisotopic (exact) mass is 653 g/mol. The fraction of sp³-hybridized carbons (Fsp3) is 0.316. The van der Waals surface area contributed by atoms with Gasteiger partial charge in [0.05, 0.1) is 31.0 Å². The summed E-state index contributed by atoms with van der Waals surface area (Å²) in [5.41, 5.74) is 4.52. The fourth-order valence-electron chi connectivity index (χ4n) is 5.82. The third-order valence-corrected chi connectivity index (χ3v) is 8.37. The standard InChI is InChI=1S/C38H43N3O7/c1-25(43)34(18-26-8-4-3-5-9-26)40-38(46)39-31-12-6-11-30(19-31)37-47-33(21-36(48-37)28-16-14-27(24-42)15-17-28)22-41(2)23-35(45)29-10-7-13-32(44)20-29/h3-17,19-20,33-37,42,44-45H,18,21-24H2,1-2H3,(H2,39,40,46)/t33-,34+,35+,36+,37?/m0/s1. The van der Waals surface area contributed by atoms with Crippen LogP contribution in [0, 0.1) is 0 Å². The van der Waals surface area contributed by atoms with Gasteiger partial charge >= 0.3 is 6.03 Å². The number of phenols is 1. The van der Waals surface area contributed by atoms with Gasteiger partial charge in [-0.2, -0.15) is 0 Å². The molecule has 48 heavy (non-hydrogen) atoms. The molecule has 0 radical (unpaired) electrons. The summed E-state index contributed by atoms with van der Waals surface area (Å²) in [6, 6.07) is 29.8. The van der Waals surface area contributed by atoms with Crippen LogP contribution in [0.3, 0.4) is 0 Å². The number of rotatable bonds is 13. The van der Waals surface area contributed by atoms with Crippen molar-refractivity contribution in [3.05, 3.63) is 131 Å². The van der Waals surface area contributed by atoms with Crippen LogP contribution in [-0.4, -0.2) is 64.3 Å². The number of aromatic hydroxyl groups is 1. The summed E-state index contributed by atoms with van der Waals surface area (Å²) in [5, 5.41) is 35.8. The Balaban J connectivity index is 1.29.